The van der Waals surface area contributed by atoms with Gasteiger partial charge in [-0.3, -0.25) is 0 Å². The summed E-state index contributed by atoms with van der Waals surface area (Å²) < 4.78 is 13.1. The highest BCUT2D eigenvalue weighted by Gasteiger charge is 2.04. The first-order chi connectivity index (χ1) is 10.2. The monoisotopic (exact) mass is 302 g/mol. The predicted molar refractivity (Wildman–Crippen MR) is 83.8 cm³/mol. The summed E-state index contributed by atoms with van der Waals surface area (Å²) in [5, 5.41) is 7.07. The number of nitrogens with zero attached hydrogens (tertiary/aromatic N) is 2. The van der Waals surface area contributed by atoms with Gasteiger partial charge in [-0.05, 0) is 36.4 Å². The second-order valence-corrected chi connectivity index (χ2v) is 4.88. The third kappa shape index (κ3) is 2.87. The van der Waals surface area contributed by atoms with Crippen LogP contribution in [0.4, 0.5) is 21.7 Å². The Balaban J connectivity index is 1.94. The lowest BCUT2D eigenvalue weighted by atomic mass is 10.2. The maximum Gasteiger partial charge on any atom is 0.227 e. The summed E-state index contributed by atoms with van der Waals surface area (Å²) in [6.45, 7) is 0. The van der Waals surface area contributed by atoms with Crippen LogP contribution in [-0.4, -0.2) is 17.0 Å². The Hall–Kier alpha value is -2.40. The second kappa shape index (κ2) is 5.54. The minimum absolute atomic E-state index is 0.0539. The Morgan fingerprint density at radius 2 is 1.90 bits per heavy atom. The first-order valence-corrected chi connectivity index (χ1v) is 6.70. The van der Waals surface area contributed by atoms with Crippen molar-refractivity contribution in [1.29, 1.82) is 0 Å². The predicted octanol–water partition coefficient (Wildman–Crippen LogP) is 4.21. The van der Waals surface area contributed by atoms with Gasteiger partial charge in [-0.25, -0.2) is 14.4 Å². The van der Waals surface area contributed by atoms with Gasteiger partial charge in [0.1, 0.15) is 5.82 Å². The highest BCUT2D eigenvalue weighted by molar-refractivity contribution is 6.31. The maximum atomic E-state index is 13.1. The van der Waals surface area contributed by atoms with E-state index in [1.165, 1.54) is 12.1 Å². The van der Waals surface area contributed by atoms with Gasteiger partial charge in [0.15, 0.2) is 0 Å². The van der Waals surface area contributed by atoms with E-state index in [2.05, 4.69) is 20.6 Å². The first kappa shape index (κ1) is 13.6. The standard InChI is InChI=1S/C15H12ClFN4/c1-18-10-3-2-9-8-19-15(21-14(9)7-10)20-11-4-5-13(17)12(16)6-11/h2-8,18H,1H3,(H,19,20,21). The van der Waals surface area contributed by atoms with Crippen LogP contribution in [0.1, 0.15) is 0 Å². The van der Waals surface area contributed by atoms with Crippen molar-refractivity contribution in [3.8, 4) is 0 Å². The highest BCUT2D eigenvalue weighted by atomic mass is 35.5. The van der Waals surface area contributed by atoms with Crippen LogP contribution in [0.5, 0.6) is 0 Å². The van der Waals surface area contributed by atoms with Crippen molar-refractivity contribution >= 4 is 39.8 Å². The fraction of sp³-hybridized carbons (Fsp3) is 0.0667. The number of hydrogen-bond donors (Lipinski definition) is 2. The van der Waals surface area contributed by atoms with Crippen LogP contribution in [0.2, 0.25) is 5.02 Å². The number of anilines is 3. The molecule has 1 aromatic heterocycles. The Morgan fingerprint density at radius 1 is 1.10 bits per heavy atom. The lowest BCUT2D eigenvalue weighted by molar-refractivity contribution is 0.628. The number of hydrogen-bond acceptors (Lipinski definition) is 4. The lowest BCUT2D eigenvalue weighted by Crippen LogP contribution is -1.98. The van der Waals surface area contributed by atoms with Crippen LogP contribution in [0, 0.1) is 5.82 Å². The van der Waals surface area contributed by atoms with Gasteiger partial charge in [-0.15, -0.1) is 0 Å². The fourth-order valence-corrected chi connectivity index (χ4v) is 2.12. The van der Waals surface area contributed by atoms with Gasteiger partial charge >= 0.3 is 0 Å². The molecule has 6 heteroatoms. The molecule has 2 aromatic carbocycles. The van der Waals surface area contributed by atoms with Gasteiger partial charge < -0.3 is 10.6 Å². The number of benzene rings is 2. The Labute approximate surface area is 126 Å². The lowest BCUT2D eigenvalue weighted by Gasteiger charge is -2.07. The minimum atomic E-state index is -0.458. The van der Waals surface area contributed by atoms with E-state index in [4.69, 9.17) is 11.6 Å². The van der Waals surface area contributed by atoms with Gasteiger partial charge in [-0.1, -0.05) is 11.6 Å². The van der Waals surface area contributed by atoms with Crippen molar-refractivity contribution in [2.24, 2.45) is 0 Å². The maximum absolute atomic E-state index is 13.1. The summed E-state index contributed by atoms with van der Waals surface area (Å²) in [7, 11) is 1.85. The molecule has 0 fully saturated rings. The van der Waals surface area contributed by atoms with Gasteiger partial charge in [0.05, 0.1) is 10.5 Å². The summed E-state index contributed by atoms with van der Waals surface area (Å²) in [6, 6.07) is 10.2. The number of aromatic nitrogens is 2. The van der Waals surface area contributed by atoms with Crippen LogP contribution in [0.3, 0.4) is 0 Å². The van der Waals surface area contributed by atoms with E-state index < -0.39 is 5.82 Å². The van der Waals surface area contributed by atoms with Gasteiger partial charge in [0.2, 0.25) is 5.95 Å². The molecular formula is C15H12ClFN4. The molecule has 0 amide bonds. The van der Waals surface area contributed by atoms with Crippen molar-refractivity contribution in [3.05, 3.63) is 53.4 Å². The summed E-state index contributed by atoms with van der Waals surface area (Å²) in [5.74, 6) is -0.0289. The number of nitrogens with one attached hydrogen (secondary N) is 2. The summed E-state index contributed by atoms with van der Waals surface area (Å²) >= 11 is 5.75. The van der Waals surface area contributed by atoms with E-state index in [1.807, 2.05) is 25.2 Å². The van der Waals surface area contributed by atoms with Gasteiger partial charge in [-0.2, -0.15) is 0 Å². The smallest absolute Gasteiger partial charge is 0.227 e. The molecule has 4 nitrogen and oxygen atoms in total. The zero-order valence-corrected chi connectivity index (χ0v) is 11.9. The largest absolute Gasteiger partial charge is 0.388 e. The number of halogens is 2. The highest BCUT2D eigenvalue weighted by Crippen LogP contribution is 2.23. The van der Waals surface area contributed by atoms with E-state index >= 15 is 0 Å². The number of fused-ring (bicyclic) bond motifs is 1. The van der Waals surface area contributed by atoms with E-state index in [0.717, 1.165) is 16.6 Å². The third-order valence-electron chi connectivity index (χ3n) is 3.05. The van der Waals surface area contributed by atoms with Crippen molar-refractivity contribution < 1.29 is 4.39 Å². The average Bonchev–Trinajstić information content (AvgIpc) is 2.50. The molecule has 0 aliphatic heterocycles. The molecule has 0 saturated heterocycles. The molecule has 106 valence electrons. The van der Waals surface area contributed by atoms with Crippen LogP contribution < -0.4 is 10.6 Å². The average molecular weight is 303 g/mol. The molecule has 1 heterocycles. The molecule has 0 aliphatic rings. The fourth-order valence-electron chi connectivity index (χ4n) is 1.94. The summed E-state index contributed by atoms with van der Waals surface area (Å²) in [4.78, 5) is 8.66. The van der Waals surface area contributed by atoms with E-state index in [1.54, 1.807) is 12.3 Å². The van der Waals surface area contributed by atoms with Crippen molar-refractivity contribution in [2.45, 2.75) is 0 Å². The minimum Gasteiger partial charge on any atom is -0.388 e. The van der Waals surface area contributed by atoms with Crippen LogP contribution in [0.15, 0.2) is 42.6 Å². The first-order valence-electron chi connectivity index (χ1n) is 6.32. The molecule has 0 spiro atoms. The third-order valence-corrected chi connectivity index (χ3v) is 3.34. The van der Waals surface area contributed by atoms with Crippen molar-refractivity contribution in [3.63, 3.8) is 0 Å². The van der Waals surface area contributed by atoms with Gasteiger partial charge in [0.25, 0.3) is 0 Å². The Bertz CT molecular complexity index is 807. The zero-order chi connectivity index (χ0) is 14.8. The van der Waals surface area contributed by atoms with E-state index in [-0.39, 0.29) is 5.02 Å². The molecule has 0 saturated carbocycles. The molecule has 0 radical (unpaired) electrons. The molecule has 0 unspecified atom stereocenters. The normalized spacial score (nSPS) is 10.6. The van der Waals surface area contributed by atoms with Crippen LogP contribution >= 0.6 is 11.6 Å². The van der Waals surface area contributed by atoms with Crippen LogP contribution in [0.25, 0.3) is 10.9 Å². The molecule has 0 atom stereocenters. The molecule has 0 bridgehead atoms. The molecule has 3 rings (SSSR count). The summed E-state index contributed by atoms with van der Waals surface area (Å²) in [6.07, 6.45) is 1.73. The Morgan fingerprint density at radius 3 is 2.67 bits per heavy atom. The van der Waals surface area contributed by atoms with Gasteiger partial charge in [0, 0.05) is 30.0 Å². The molecule has 3 aromatic rings. The topological polar surface area (TPSA) is 49.8 Å². The van der Waals surface area contributed by atoms with Crippen molar-refractivity contribution in [1.82, 2.24) is 9.97 Å². The van der Waals surface area contributed by atoms with Crippen molar-refractivity contribution in [2.75, 3.05) is 17.7 Å². The number of rotatable bonds is 3. The molecule has 0 aliphatic carbocycles. The quantitative estimate of drug-likeness (QED) is 0.761. The molecule has 2 N–H and O–H groups in total. The SMILES string of the molecule is CNc1ccc2cnc(Nc3ccc(F)c(Cl)c3)nc2c1. The van der Waals surface area contributed by atoms with Crippen LogP contribution in [-0.2, 0) is 0 Å². The summed E-state index contributed by atoms with van der Waals surface area (Å²) in [5.41, 5.74) is 2.41. The molecular weight excluding hydrogens is 291 g/mol. The Kier molecular flexibility index (Phi) is 3.58. The zero-order valence-electron chi connectivity index (χ0n) is 11.2. The second-order valence-electron chi connectivity index (χ2n) is 4.47. The molecule has 21 heavy (non-hydrogen) atoms. The van der Waals surface area contributed by atoms with E-state index in [0.29, 0.717) is 11.6 Å². The van der Waals surface area contributed by atoms with E-state index in [9.17, 15) is 4.39 Å².